The number of esters is 1. The van der Waals surface area contributed by atoms with E-state index in [0.29, 0.717) is 33.9 Å². The van der Waals surface area contributed by atoms with Gasteiger partial charge in [-0.15, -0.1) is 0 Å². The molecule has 166 valence electrons. The minimum Gasteiger partial charge on any atom is -0.460 e. The summed E-state index contributed by atoms with van der Waals surface area (Å²) in [5, 5.41) is 7.06. The maximum absolute atomic E-state index is 13.4. The predicted octanol–water partition coefficient (Wildman–Crippen LogP) is 4.62. The normalized spacial score (nSPS) is 17.2. The molecular formula is C26H23N3O4. The third kappa shape index (κ3) is 3.28. The minimum absolute atomic E-state index is 0.0246. The fraction of sp³-hybridized carbons (Fsp3) is 0.231. The molecule has 2 aliphatic rings. The average Bonchev–Trinajstić information content (AvgIpc) is 3.40. The molecule has 0 amide bonds. The topological polar surface area (TPSA) is 94.3 Å². The summed E-state index contributed by atoms with van der Waals surface area (Å²) in [5.41, 5.74) is 6.35. The summed E-state index contributed by atoms with van der Waals surface area (Å²) < 4.78 is 11.1. The Morgan fingerprint density at radius 3 is 2.45 bits per heavy atom. The molecule has 0 fully saturated rings. The lowest BCUT2D eigenvalue weighted by Crippen LogP contribution is -2.30. The smallest absolute Gasteiger partial charge is 0.337 e. The summed E-state index contributed by atoms with van der Waals surface area (Å²) in [6.45, 7) is 7.38. The van der Waals surface area contributed by atoms with Crippen LogP contribution in [0.25, 0.3) is 16.7 Å². The number of ketones is 1. The third-order valence-corrected chi connectivity index (χ3v) is 6.01. The first kappa shape index (κ1) is 20.9. The quantitative estimate of drug-likeness (QED) is 0.462. The highest BCUT2D eigenvalue weighted by molar-refractivity contribution is 6.22. The van der Waals surface area contributed by atoms with Gasteiger partial charge in [-0.05, 0) is 44.4 Å². The zero-order valence-corrected chi connectivity index (χ0v) is 18.8. The molecule has 1 aliphatic carbocycles. The van der Waals surface area contributed by atoms with Gasteiger partial charge in [-0.3, -0.25) is 4.79 Å². The summed E-state index contributed by atoms with van der Waals surface area (Å²) in [7, 11) is 0. The van der Waals surface area contributed by atoms with Crippen molar-refractivity contribution in [2.75, 3.05) is 0 Å². The Balaban J connectivity index is 1.80. The molecule has 1 unspecified atom stereocenters. The zero-order chi connectivity index (χ0) is 23.3. The molecule has 7 nitrogen and oxygen atoms in total. The fourth-order valence-electron chi connectivity index (χ4n) is 4.77. The van der Waals surface area contributed by atoms with Gasteiger partial charge in [-0.2, -0.15) is 4.98 Å². The molecule has 33 heavy (non-hydrogen) atoms. The molecule has 5 rings (SSSR count). The molecule has 1 aliphatic heterocycles. The molecule has 2 heterocycles. The van der Waals surface area contributed by atoms with Crippen LogP contribution in [0.4, 0.5) is 0 Å². The Bertz CT molecular complexity index is 1350. The lowest BCUT2D eigenvalue weighted by Gasteiger charge is -2.31. The van der Waals surface area contributed by atoms with Crippen molar-refractivity contribution in [3.05, 3.63) is 88.3 Å². The highest BCUT2D eigenvalue weighted by Crippen LogP contribution is 2.49. The molecule has 0 radical (unpaired) electrons. The Morgan fingerprint density at radius 1 is 1.03 bits per heavy atom. The van der Waals surface area contributed by atoms with E-state index in [4.69, 9.17) is 9.26 Å². The van der Waals surface area contributed by atoms with Gasteiger partial charge in [-0.1, -0.05) is 47.6 Å². The monoisotopic (exact) mass is 441 g/mol. The number of fused-ring (bicyclic) bond motifs is 3. The van der Waals surface area contributed by atoms with E-state index in [1.54, 1.807) is 0 Å². The lowest BCUT2D eigenvalue weighted by molar-refractivity contribution is -0.142. The second-order valence-electron chi connectivity index (χ2n) is 8.48. The summed E-state index contributed by atoms with van der Waals surface area (Å²) >= 11 is 0. The van der Waals surface area contributed by atoms with E-state index in [9.17, 15) is 9.59 Å². The standard InChI is InChI=1S/C26H23N3O4/c1-13(2)32-26(31)21-15(4)29-14(3)20(25-27-12-28-33-25)23(21)18-10-7-11-19-22(18)16-8-5-6-9-17(16)24(19)30/h5-13,23,29H,1-4H3. The molecule has 1 atom stereocenters. The molecule has 1 N–H and O–H groups in total. The Labute approximate surface area is 191 Å². The van der Waals surface area contributed by atoms with Gasteiger partial charge >= 0.3 is 5.97 Å². The van der Waals surface area contributed by atoms with Crippen molar-refractivity contribution in [1.82, 2.24) is 15.5 Å². The van der Waals surface area contributed by atoms with Crippen LogP contribution in [-0.2, 0) is 9.53 Å². The number of dihydropyridines is 1. The minimum atomic E-state index is -0.563. The molecule has 0 saturated carbocycles. The van der Waals surface area contributed by atoms with E-state index < -0.39 is 11.9 Å². The highest BCUT2D eigenvalue weighted by atomic mass is 16.5. The van der Waals surface area contributed by atoms with Gasteiger partial charge in [0.1, 0.15) is 0 Å². The molecular weight excluding hydrogens is 418 g/mol. The van der Waals surface area contributed by atoms with Gasteiger partial charge in [0.25, 0.3) is 5.89 Å². The maximum atomic E-state index is 13.4. The molecule has 2 aromatic carbocycles. The van der Waals surface area contributed by atoms with E-state index in [0.717, 1.165) is 22.4 Å². The number of hydrogen-bond acceptors (Lipinski definition) is 7. The summed E-state index contributed by atoms with van der Waals surface area (Å²) in [6.07, 6.45) is 1.04. The van der Waals surface area contributed by atoms with Crippen LogP contribution in [0.1, 0.15) is 61.0 Å². The van der Waals surface area contributed by atoms with Gasteiger partial charge in [0.05, 0.1) is 17.6 Å². The van der Waals surface area contributed by atoms with Crippen LogP contribution < -0.4 is 5.32 Å². The van der Waals surface area contributed by atoms with Crippen molar-refractivity contribution >= 4 is 17.3 Å². The van der Waals surface area contributed by atoms with Gasteiger partial charge in [0.2, 0.25) is 0 Å². The number of benzene rings is 2. The molecule has 0 spiro atoms. The van der Waals surface area contributed by atoms with E-state index in [2.05, 4.69) is 15.5 Å². The van der Waals surface area contributed by atoms with Gasteiger partial charge < -0.3 is 14.6 Å². The Morgan fingerprint density at radius 2 is 1.76 bits per heavy atom. The van der Waals surface area contributed by atoms with Crippen LogP contribution >= 0.6 is 0 Å². The zero-order valence-electron chi connectivity index (χ0n) is 18.8. The fourth-order valence-corrected chi connectivity index (χ4v) is 4.77. The van der Waals surface area contributed by atoms with Crippen molar-refractivity contribution in [3.63, 3.8) is 0 Å². The summed E-state index contributed by atoms with van der Waals surface area (Å²) in [4.78, 5) is 30.8. The molecule has 1 aromatic heterocycles. The molecule has 3 aromatic rings. The van der Waals surface area contributed by atoms with Crippen LogP contribution in [0.5, 0.6) is 0 Å². The summed E-state index contributed by atoms with van der Waals surface area (Å²) in [6, 6.07) is 13.2. The van der Waals surface area contributed by atoms with Crippen LogP contribution in [-0.4, -0.2) is 28.0 Å². The van der Waals surface area contributed by atoms with Crippen LogP contribution in [0, 0.1) is 0 Å². The number of rotatable bonds is 4. The molecule has 7 heteroatoms. The first-order chi connectivity index (χ1) is 15.9. The van der Waals surface area contributed by atoms with Crippen molar-refractivity contribution in [2.45, 2.75) is 39.7 Å². The number of nitrogens with zero attached hydrogens (tertiary/aromatic N) is 2. The van der Waals surface area contributed by atoms with Crippen molar-refractivity contribution in [3.8, 4) is 11.1 Å². The maximum Gasteiger partial charge on any atom is 0.337 e. The van der Waals surface area contributed by atoms with Crippen LogP contribution in [0.2, 0.25) is 0 Å². The molecule has 0 bridgehead atoms. The lowest BCUT2D eigenvalue weighted by atomic mass is 9.77. The Hall–Kier alpha value is -4.00. The second-order valence-corrected chi connectivity index (χ2v) is 8.48. The largest absolute Gasteiger partial charge is 0.460 e. The van der Waals surface area contributed by atoms with Gasteiger partial charge in [0.15, 0.2) is 12.1 Å². The Kier molecular flexibility index (Phi) is 4.96. The number of nitrogens with one attached hydrogen (secondary N) is 1. The third-order valence-electron chi connectivity index (χ3n) is 6.01. The summed E-state index contributed by atoms with van der Waals surface area (Å²) in [5.74, 6) is -0.711. The first-order valence-corrected chi connectivity index (χ1v) is 10.8. The van der Waals surface area contributed by atoms with Crippen LogP contribution in [0.15, 0.2) is 70.3 Å². The number of carbonyl (C=O) groups excluding carboxylic acids is 2. The second kappa shape index (κ2) is 7.85. The van der Waals surface area contributed by atoms with E-state index in [1.165, 1.54) is 6.33 Å². The number of ether oxygens (including phenoxy) is 1. The SMILES string of the molecule is CC1=C(C(=O)OC(C)C)C(c2cccc3c2-c2ccccc2C3=O)C(c2ncno2)=C(C)N1. The van der Waals surface area contributed by atoms with Crippen LogP contribution in [0.3, 0.4) is 0 Å². The first-order valence-electron chi connectivity index (χ1n) is 10.8. The van der Waals surface area contributed by atoms with Gasteiger partial charge in [0, 0.05) is 28.1 Å². The van der Waals surface area contributed by atoms with Crippen molar-refractivity contribution in [2.24, 2.45) is 0 Å². The molecule has 0 saturated heterocycles. The van der Waals surface area contributed by atoms with E-state index in [1.807, 2.05) is 70.2 Å². The number of aromatic nitrogens is 2. The van der Waals surface area contributed by atoms with Crippen molar-refractivity contribution < 1.29 is 18.8 Å². The van der Waals surface area contributed by atoms with Crippen molar-refractivity contribution in [1.29, 1.82) is 0 Å². The number of allylic oxidation sites excluding steroid dienone is 3. The number of carbonyl (C=O) groups is 2. The average molecular weight is 441 g/mol. The predicted molar refractivity (Wildman–Crippen MR) is 122 cm³/mol. The van der Waals surface area contributed by atoms with E-state index >= 15 is 0 Å². The number of hydrogen-bond donors (Lipinski definition) is 1. The highest BCUT2D eigenvalue weighted by Gasteiger charge is 2.40. The van der Waals surface area contributed by atoms with Gasteiger partial charge in [-0.25, -0.2) is 4.79 Å². The van der Waals surface area contributed by atoms with E-state index in [-0.39, 0.29) is 11.9 Å².